The first-order chi connectivity index (χ1) is 23.4. The number of amides is 5. The second-order valence-electron chi connectivity index (χ2n) is 14.9. The molecule has 3 rings (SSSR count). The number of terminal acetylenes is 1. The molecule has 1 saturated heterocycles. The normalized spacial score (nSPS) is 23.6. The molecule has 5 amide bonds. The molecule has 2 saturated carbocycles. The Kier molecular flexibility index (Phi) is 13.5. The summed E-state index contributed by atoms with van der Waals surface area (Å²) in [5.74, 6) is -0.485. The van der Waals surface area contributed by atoms with Crippen molar-refractivity contribution in [2.75, 3.05) is 32.4 Å². The summed E-state index contributed by atoms with van der Waals surface area (Å²) in [6.07, 6.45) is 11.2. The van der Waals surface area contributed by atoms with Gasteiger partial charge in [-0.05, 0) is 55.8 Å². The third kappa shape index (κ3) is 9.15. The van der Waals surface area contributed by atoms with Crippen LogP contribution in [0, 0.1) is 35.0 Å². The molecule has 4 N–H and O–H groups in total. The number of carbonyl (C=O) groups is 5. The van der Waals surface area contributed by atoms with Gasteiger partial charge < -0.3 is 26.2 Å². The molecule has 0 spiro atoms. The molecule has 0 radical (unpaired) electrons. The van der Waals surface area contributed by atoms with Gasteiger partial charge in [0.05, 0.1) is 17.8 Å². The molecule has 3 fully saturated rings. The quantitative estimate of drug-likeness (QED) is 0.101. The largest absolute Gasteiger partial charge is 0.346 e. The fourth-order valence-corrected chi connectivity index (χ4v) is 8.39. The molecule has 2 aliphatic carbocycles. The van der Waals surface area contributed by atoms with E-state index in [0.717, 1.165) is 19.3 Å². The molecule has 0 aromatic rings. The maximum atomic E-state index is 14.7. The zero-order valence-corrected chi connectivity index (χ0v) is 31.3. The average molecular weight is 717 g/mol. The van der Waals surface area contributed by atoms with E-state index < -0.39 is 69.1 Å². The maximum absolute atomic E-state index is 14.7. The van der Waals surface area contributed by atoms with Gasteiger partial charge in [0.2, 0.25) is 27.6 Å². The first-order valence-electron chi connectivity index (χ1n) is 17.5. The second kappa shape index (κ2) is 16.5. The predicted molar refractivity (Wildman–Crippen MR) is 192 cm³/mol. The van der Waals surface area contributed by atoms with Gasteiger partial charge in [-0.3, -0.25) is 19.2 Å². The number of carbonyl (C=O) groups excluding carboxylic acids is 5. The molecule has 0 aromatic heterocycles. The van der Waals surface area contributed by atoms with Crippen LogP contribution in [-0.4, -0.2) is 104 Å². The van der Waals surface area contributed by atoms with Gasteiger partial charge in [0.15, 0.2) is 0 Å². The van der Waals surface area contributed by atoms with E-state index >= 15 is 0 Å². The molecule has 50 heavy (non-hydrogen) atoms. The summed E-state index contributed by atoms with van der Waals surface area (Å²) in [7, 11) is -2.09. The van der Waals surface area contributed by atoms with Crippen LogP contribution in [0.3, 0.4) is 0 Å². The fourth-order valence-electron chi connectivity index (χ4n) is 7.57. The molecule has 0 aromatic carbocycles. The highest BCUT2D eigenvalue weighted by Crippen LogP contribution is 2.65. The van der Waals surface area contributed by atoms with E-state index in [0.29, 0.717) is 25.0 Å². The SMILES string of the molecule is C#CCCC(NC(=O)[C@@H]1[C@@H]2[C@H](CN1C(=O)[C@@H](NC(=O)N[C@H](CN(C)S(=O)(=O)CC)C(=C)C)C1(C)CCCCC1)C2(C)C)C(=O)C(=O)NCC=C. The number of sulfonamides is 1. The number of nitrogens with one attached hydrogen (secondary N) is 4. The summed E-state index contributed by atoms with van der Waals surface area (Å²) in [6, 6.07) is -4.50. The third-order valence-corrected chi connectivity index (χ3v) is 12.8. The van der Waals surface area contributed by atoms with Gasteiger partial charge >= 0.3 is 6.03 Å². The molecule has 278 valence electrons. The smallest absolute Gasteiger partial charge is 0.315 e. The highest BCUT2D eigenvalue weighted by molar-refractivity contribution is 7.89. The number of piperidine rings is 1. The zero-order valence-electron chi connectivity index (χ0n) is 30.5. The third-order valence-electron chi connectivity index (χ3n) is 11.0. The van der Waals surface area contributed by atoms with Crippen LogP contribution in [-0.2, 0) is 29.2 Å². The lowest BCUT2D eigenvalue weighted by Gasteiger charge is -2.43. The summed E-state index contributed by atoms with van der Waals surface area (Å²) in [6.45, 7) is 17.1. The van der Waals surface area contributed by atoms with Crippen molar-refractivity contribution in [2.45, 2.75) is 104 Å². The minimum Gasteiger partial charge on any atom is -0.346 e. The molecule has 13 nitrogen and oxygen atoms in total. The minimum atomic E-state index is -3.53. The number of likely N-dealkylation sites (tertiary alicyclic amines) is 1. The summed E-state index contributed by atoms with van der Waals surface area (Å²) >= 11 is 0. The van der Waals surface area contributed by atoms with Gasteiger partial charge in [0.25, 0.3) is 5.91 Å². The van der Waals surface area contributed by atoms with Crippen molar-refractivity contribution in [3.63, 3.8) is 0 Å². The van der Waals surface area contributed by atoms with Gasteiger partial charge in [0.1, 0.15) is 12.1 Å². The van der Waals surface area contributed by atoms with E-state index in [2.05, 4.69) is 40.3 Å². The molecule has 1 unspecified atom stereocenters. The highest BCUT2D eigenvalue weighted by atomic mass is 32.2. The Labute approximate surface area is 297 Å². The van der Waals surface area contributed by atoms with Crippen molar-refractivity contribution < 1.29 is 32.4 Å². The van der Waals surface area contributed by atoms with E-state index in [1.807, 2.05) is 20.8 Å². The van der Waals surface area contributed by atoms with E-state index in [9.17, 15) is 32.4 Å². The Morgan fingerprint density at radius 1 is 1.06 bits per heavy atom. The summed E-state index contributed by atoms with van der Waals surface area (Å²) in [5.41, 5.74) is -0.325. The van der Waals surface area contributed by atoms with Gasteiger partial charge in [-0.15, -0.1) is 18.9 Å². The van der Waals surface area contributed by atoms with Gasteiger partial charge in [-0.1, -0.05) is 58.3 Å². The Balaban J connectivity index is 1.90. The van der Waals surface area contributed by atoms with Gasteiger partial charge in [-0.25, -0.2) is 17.5 Å². The number of hydrogen-bond acceptors (Lipinski definition) is 7. The van der Waals surface area contributed by atoms with Crippen molar-refractivity contribution in [3.8, 4) is 12.3 Å². The van der Waals surface area contributed by atoms with Crippen LogP contribution in [0.2, 0.25) is 0 Å². The highest BCUT2D eigenvalue weighted by Gasteiger charge is 2.70. The van der Waals surface area contributed by atoms with Gasteiger partial charge in [-0.2, -0.15) is 0 Å². The molecule has 1 heterocycles. The van der Waals surface area contributed by atoms with Crippen LogP contribution < -0.4 is 21.3 Å². The number of fused-ring (bicyclic) bond motifs is 1. The standard InChI is InChI=1S/C36H56N6O7S/c1-10-13-17-25(29(43)32(45)37-20-11-2)38-31(44)28-27-24(35(27,6)7)21-42(28)33(46)30(36(8)18-15-14-16-19-36)40-34(47)39-26(23(4)5)22-41(9)50(48,49)12-3/h1,11,24-28,30H,2,4,12-22H2,3,5-9H3,(H,37,45)(H,38,44)(H2,39,40,47)/t24-,25?,26+,27-,28-,30+/m0/s1. The molecule has 14 heteroatoms. The van der Waals surface area contributed by atoms with Crippen LogP contribution in [0.5, 0.6) is 0 Å². The van der Waals surface area contributed by atoms with Crippen molar-refractivity contribution in [3.05, 3.63) is 24.8 Å². The Morgan fingerprint density at radius 3 is 2.26 bits per heavy atom. The van der Waals surface area contributed by atoms with Crippen molar-refractivity contribution in [1.82, 2.24) is 30.5 Å². The van der Waals surface area contributed by atoms with Crippen molar-refractivity contribution in [2.24, 2.45) is 22.7 Å². The number of Topliss-reactive ketones (excluding diaryl/α,β-unsaturated/α-hetero) is 1. The topological polar surface area (TPSA) is 174 Å². The van der Waals surface area contributed by atoms with E-state index in [1.165, 1.54) is 29.3 Å². The number of rotatable bonds is 17. The second-order valence-corrected chi connectivity index (χ2v) is 17.3. The molecular weight excluding hydrogens is 660 g/mol. The average Bonchev–Trinajstić information content (AvgIpc) is 3.37. The number of ketones is 1. The zero-order chi connectivity index (χ0) is 37.6. The van der Waals surface area contributed by atoms with Crippen LogP contribution in [0.25, 0.3) is 0 Å². The Morgan fingerprint density at radius 2 is 1.70 bits per heavy atom. The maximum Gasteiger partial charge on any atom is 0.315 e. The van der Waals surface area contributed by atoms with E-state index in [-0.39, 0.29) is 48.9 Å². The minimum absolute atomic E-state index is 0.0236. The Hall–Kier alpha value is -3.70. The first kappa shape index (κ1) is 40.7. The lowest BCUT2D eigenvalue weighted by atomic mass is 9.70. The van der Waals surface area contributed by atoms with Crippen LogP contribution in [0.1, 0.15) is 79.6 Å². The molecule has 0 bridgehead atoms. The van der Waals surface area contributed by atoms with Crippen LogP contribution in [0.15, 0.2) is 24.8 Å². The molecule has 6 atom stereocenters. The monoisotopic (exact) mass is 716 g/mol. The number of likely N-dealkylation sites (N-methyl/N-ethyl adjacent to an activating group) is 1. The fraction of sp³-hybridized carbons (Fsp3) is 0.694. The first-order valence-corrected chi connectivity index (χ1v) is 19.1. The van der Waals surface area contributed by atoms with Gasteiger partial charge in [0, 0.05) is 33.1 Å². The summed E-state index contributed by atoms with van der Waals surface area (Å²) in [5, 5.41) is 10.9. The molecule has 1 aliphatic heterocycles. The van der Waals surface area contributed by atoms with Crippen molar-refractivity contribution in [1.29, 1.82) is 0 Å². The lowest BCUT2D eigenvalue weighted by molar-refractivity contribution is -0.146. The lowest BCUT2D eigenvalue weighted by Crippen LogP contribution is -2.63. The number of hydrogen-bond donors (Lipinski definition) is 4. The van der Waals surface area contributed by atoms with E-state index in [4.69, 9.17) is 6.42 Å². The summed E-state index contributed by atoms with van der Waals surface area (Å²) < 4.78 is 26.0. The molecule has 3 aliphatic rings. The number of urea groups is 1. The van der Waals surface area contributed by atoms with Crippen molar-refractivity contribution >= 4 is 39.6 Å². The Bertz CT molecular complexity index is 1500. The summed E-state index contributed by atoms with van der Waals surface area (Å²) in [4.78, 5) is 69.6. The molecular formula is C36H56N6O7S. The van der Waals surface area contributed by atoms with Crippen LogP contribution in [0.4, 0.5) is 4.79 Å². The van der Waals surface area contributed by atoms with Crippen LogP contribution >= 0.6 is 0 Å². The van der Waals surface area contributed by atoms with E-state index in [1.54, 1.807) is 6.92 Å². The predicted octanol–water partition coefficient (Wildman–Crippen LogP) is 2.10. The number of nitrogens with zero attached hydrogens (tertiary/aromatic N) is 2.